The standard InChI is InChI=1S/C25H21N5O2S/c1-16-21(23(31)28-19-11-7-4-8-12-19)22(18-9-5-3-6-10-18)30-24(32)20(33-25(30)27-16)13-17-14-26-29(2)15-17/h3-15,22H,1-2H3,(H,28,31). The molecule has 4 aromatic rings. The highest BCUT2D eigenvalue weighted by molar-refractivity contribution is 7.07. The first-order valence-corrected chi connectivity index (χ1v) is 11.3. The maximum Gasteiger partial charge on any atom is 0.271 e. The van der Waals surface area contributed by atoms with Crippen LogP contribution in [0.3, 0.4) is 0 Å². The molecule has 0 saturated heterocycles. The Morgan fingerprint density at radius 2 is 1.79 bits per heavy atom. The summed E-state index contributed by atoms with van der Waals surface area (Å²) in [6.45, 7) is 1.81. The number of fused-ring (bicyclic) bond motifs is 1. The van der Waals surface area contributed by atoms with Crippen molar-refractivity contribution in [1.82, 2.24) is 14.3 Å². The molecule has 1 N–H and O–H groups in total. The van der Waals surface area contributed by atoms with E-state index in [1.165, 1.54) is 11.3 Å². The maximum atomic E-state index is 13.5. The molecule has 2 aromatic heterocycles. The minimum absolute atomic E-state index is 0.186. The van der Waals surface area contributed by atoms with Gasteiger partial charge in [-0.3, -0.25) is 18.8 Å². The molecule has 1 atom stereocenters. The van der Waals surface area contributed by atoms with Gasteiger partial charge in [0.2, 0.25) is 0 Å². The fourth-order valence-electron chi connectivity index (χ4n) is 3.95. The van der Waals surface area contributed by atoms with Gasteiger partial charge >= 0.3 is 0 Å². The van der Waals surface area contributed by atoms with Crippen molar-refractivity contribution < 1.29 is 4.79 Å². The number of benzene rings is 2. The number of carbonyl (C=O) groups is 1. The maximum absolute atomic E-state index is 13.5. The highest BCUT2D eigenvalue weighted by Crippen LogP contribution is 2.30. The molecule has 0 radical (unpaired) electrons. The van der Waals surface area contributed by atoms with Gasteiger partial charge in [0.15, 0.2) is 4.80 Å². The molecular formula is C25H21N5O2S. The summed E-state index contributed by atoms with van der Waals surface area (Å²) in [6, 6.07) is 18.3. The van der Waals surface area contributed by atoms with E-state index < -0.39 is 6.04 Å². The molecule has 3 heterocycles. The molecule has 164 valence electrons. The highest BCUT2D eigenvalue weighted by atomic mass is 32.1. The van der Waals surface area contributed by atoms with Crippen LogP contribution >= 0.6 is 11.3 Å². The van der Waals surface area contributed by atoms with Gasteiger partial charge < -0.3 is 5.32 Å². The van der Waals surface area contributed by atoms with E-state index in [0.717, 1.165) is 11.1 Å². The fraction of sp³-hybridized carbons (Fsp3) is 0.120. The molecule has 8 heteroatoms. The van der Waals surface area contributed by atoms with Crippen molar-refractivity contribution in [3.8, 4) is 0 Å². The number of nitrogens with zero attached hydrogens (tertiary/aromatic N) is 4. The molecule has 0 fully saturated rings. The van der Waals surface area contributed by atoms with Crippen molar-refractivity contribution in [3.63, 3.8) is 0 Å². The Hall–Kier alpha value is -4.04. The van der Waals surface area contributed by atoms with Crippen LogP contribution in [-0.2, 0) is 11.8 Å². The van der Waals surface area contributed by atoms with Crippen LogP contribution < -0.4 is 20.2 Å². The molecule has 0 saturated carbocycles. The van der Waals surface area contributed by atoms with Crippen LogP contribution in [0.15, 0.2) is 94.1 Å². The lowest BCUT2D eigenvalue weighted by Crippen LogP contribution is -2.40. The number of rotatable bonds is 4. The van der Waals surface area contributed by atoms with Gasteiger partial charge in [-0.2, -0.15) is 5.10 Å². The number of aryl methyl sites for hydroxylation is 1. The predicted molar refractivity (Wildman–Crippen MR) is 128 cm³/mol. The Kier molecular flexibility index (Phi) is 5.35. The Bertz CT molecular complexity index is 1550. The fourth-order valence-corrected chi connectivity index (χ4v) is 5.00. The zero-order chi connectivity index (χ0) is 22.9. The lowest BCUT2D eigenvalue weighted by molar-refractivity contribution is -0.113. The third-order valence-electron chi connectivity index (χ3n) is 5.44. The highest BCUT2D eigenvalue weighted by Gasteiger charge is 2.32. The molecule has 5 rings (SSSR count). The van der Waals surface area contributed by atoms with Gasteiger partial charge in [-0.05, 0) is 30.7 Å². The second kappa shape index (κ2) is 8.48. The summed E-state index contributed by atoms with van der Waals surface area (Å²) < 4.78 is 3.85. The number of hydrogen-bond donors (Lipinski definition) is 1. The van der Waals surface area contributed by atoms with E-state index in [0.29, 0.717) is 26.3 Å². The largest absolute Gasteiger partial charge is 0.322 e. The van der Waals surface area contributed by atoms with Crippen molar-refractivity contribution in [1.29, 1.82) is 0 Å². The third kappa shape index (κ3) is 3.96. The van der Waals surface area contributed by atoms with Gasteiger partial charge in [0.25, 0.3) is 11.5 Å². The first-order chi connectivity index (χ1) is 16.0. The molecule has 2 aromatic carbocycles. The van der Waals surface area contributed by atoms with Crippen LogP contribution in [0, 0.1) is 0 Å². The second-order valence-corrected chi connectivity index (χ2v) is 8.77. The summed E-state index contributed by atoms with van der Waals surface area (Å²) >= 11 is 1.31. The second-order valence-electron chi connectivity index (χ2n) is 7.76. The van der Waals surface area contributed by atoms with Crippen molar-refractivity contribution in [2.75, 3.05) is 5.32 Å². The Balaban J connectivity index is 1.67. The van der Waals surface area contributed by atoms with Crippen LogP contribution in [0.4, 0.5) is 5.69 Å². The topological polar surface area (TPSA) is 81.3 Å². The summed E-state index contributed by atoms with van der Waals surface area (Å²) in [4.78, 5) is 32.2. The summed E-state index contributed by atoms with van der Waals surface area (Å²) in [5, 5.41) is 7.12. The number of carbonyl (C=O) groups excluding carboxylic acids is 1. The Labute approximate surface area is 193 Å². The number of thiazole rings is 1. The molecule has 1 unspecified atom stereocenters. The molecule has 0 bridgehead atoms. The van der Waals surface area contributed by atoms with Crippen LogP contribution in [0.25, 0.3) is 6.08 Å². The number of allylic oxidation sites excluding steroid dienone is 1. The molecule has 1 aliphatic rings. The third-order valence-corrected chi connectivity index (χ3v) is 6.42. The number of anilines is 1. The molecular weight excluding hydrogens is 434 g/mol. The number of aromatic nitrogens is 3. The average molecular weight is 456 g/mol. The van der Waals surface area contributed by atoms with Crippen molar-refractivity contribution in [2.45, 2.75) is 13.0 Å². The zero-order valence-corrected chi connectivity index (χ0v) is 18.9. The van der Waals surface area contributed by atoms with Gasteiger partial charge in [-0.1, -0.05) is 59.9 Å². The van der Waals surface area contributed by atoms with Gasteiger partial charge in [-0.15, -0.1) is 0 Å². The minimum atomic E-state index is -0.581. The minimum Gasteiger partial charge on any atom is -0.322 e. The van der Waals surface area contributed by atoms with Gasteiger partial charge in [0, 0.05) is 24.5 Å². The number of hydrogen-bond acceptors (Lipinski definition) is 5. The first-order valence-electron chi connectivity index (χ1n) is 10.4. The van der Waals surface area contributed by atoms with Crippen LogP contribution in [0.2, 0.25) is 0 Å². The van der Waals surface area contributed by atoms with E-state index in [1.807, 2.05) is 86.9 Å². The van der Waals surface area contributed by atoms with Gasteiger partial charge in [-0.25, -0.2) is 4.99 Å². The number of nitrogens with one attached hydrogen (secondary N) is 1. The first kappa shape index (κ1) is 20.8. The van der Waals surface area contributed by atoms with E-state index in [-0.39, 0.29) is 11.5 Å². The van der Waals surface area contributed by atoms with E-state index in [2.05, 4.69) is 15.4 Å². The average Bonchev–Trinajstić information content (AvgIpc) is 3.36. The van der Waals surface area contributed by atoms with Gasteiger partial charge in [0.1, 0.15) is 0 Å². The van der Waals surface area contributed by atoms with E-state index in [1.54, 1.807) is 15.4 Å². The zero-order valence-electron chi connectivity index (χ0n) is 18.1. The summed E-state index contributed by atoms with van der Waals surface area (Å²) in [7, 11) is 1.83. The van der Waals surface area contributed by atoms with E-state index >= 15 is 0 Å². The van der Waals surface area contributed by atoms with Crippen molar-refractivity contribution in [3.05, 3.63) is 115 Å². The van der Waals surface area contributed by atoms with Crippen LogP contribution in [-0.4, -0.2) is 20.3 Å². The SMILES string of the molecule is CC1=C(C(=O)Nc2ccccc2)C(c2ccccc2)n2c(sc(=Cc3cnn(C)c3)c2=O)=N1. The lowest BCUT2D eigenvalue weighted by Gasteiger charge is -2.25. The summed E-state index contributed by atoms with van der Waals surface area (Å²) in [6.07, 6.45) is 5.36. The molecule has 1 aliphatic heterocycles. The molecule has 0 aliphatic carbocycles. The van der Waals surface area contributed by atoms with Crippen molar-refractivity contribution in [2.24, 2.45) is 12.0 Å². The van der Waals surface area contributed by atoms with E-state index in [9.17, 15) is 9.59 Å². The molecule has 0 spiro atoms. The molecule has 33 heavy (non-hydrogen) atoms. The van der Waals surface area contributed by atoms with E-state index in [4.69, 9.17) is 0 Å². The molecule has 1 amide bonds. The van der Waals surface area contributed by atoms with Crippen LogP contribution in [0.5, 0.6) is 0 Å². The quantitative estimate of drug-likeness (QED) is 0.514. The van der Waals surface area contributed by atoms with Crippen molar-refractivity contribution >= 4 is 29.0 Å². The predicted octanol–water partition coefficient (Wildman–Crippen LogP) is 2.61. The number of amides is 1. The smallest absolute Gasteiger partial charge is 0.271 e. The lowest BCUT2D eigenvalue weighted by atomic mass is 9.95. The van der Waals surface area contributed by atoms with Crippen LogP contribution in [0.1, 0.15) is 24.1 Å². The summed E-state index contributed by atoms with van der Waals surface area (Å²) in [5.74, 6) is -0.280. The summed E-state index contributed by atoms with van der Waals surface area (Å²) in [5.41, 5.74) is 3.21. The van der Waals surface area contributed by atoms with Gasteiger partial charge in [0.05, 0.1) is 28.0 Å². The Morgan fingerprint density at radius 1 is 1.09 bits per heavy atom. The number of para-hydroxylation sites is 1. The Morgan fingerprint density at radius 3 is 2.45 bits per heavy atom. The normalized spacial score (nSPS) is 15.8. The monoisotopic (exact) mass is 455 g/mol. The molecule has 7 nitrogen and oxygen atoms in total.